The Balaban J connectivity index is 1.59. The van der Waals surface area contributed by atoms with Gasteiger partial charge in [-0.1, -0.05) is 55.8 Å². The highest BCUT2D eigenvalue weighted by Crippen LogP contribution is 2.50. The zero-order valence-electron chi connectivity index (χ0n) is 18.9. The summed E-state index contributed by atoms with van der Waals surface area (Å²) in [5.41, 5.74) is 7.82. The Morgan fingerprint density at radius 1 is 1.03 bits per heavy atom. The number of benzene rings is 2. The van der Waals surface area contributed by atoms with E-state index >= 15 is 0 Å². The van der Waals surface area contributed by atoms with Gasteiger partial charge in [-0.3, -0.25) is 4.98 Å². The van der Waals surface area contributed by atoms with Gasteiger partial charge in [0.2, 0.25) is 5.95 Å². The topological polar surface area (TPSA) is 64.9 Å². The van der Waals surface area contributed by atoms with Gasteiger partial charge in [-0.2, -0.15) is 10.1 Å². The van der Waals surface area contributed by atoms with Gasteiger partial charge in [0.15, 0.2) is 0 Å². The van der Waals surface area contributed by atoms with Crippen LogP contribution < -0.4 is 10.1 Å². The first-order valence-electron chi connectivity index (χ1n) is 11.3. The van der Waals surface area contributed by atoms with Gasteiger partial charge in [-0.05, 0) is 47.7 Å². The van der Waals surface area contributed by atoms with Crippen molar-refractivity contribution < 1.29 is 4.74 Å². The summed E-state index contributed by atoms with van der Waals surface area (Å²) in [7, 11) is 0. The number of aryl methyl sites for hydroxylation is 1. The number of anilines is 1. The van der Waals surface area contributed by atoms with E-state index < -0.39 is 0 Å². The maximum absolute atomic E-state index is 6.71. The number of ether oxygens (including phenoxy) is 1. The molecule has 0 radical (unpaired) electrons. The third-order valence-corrected chi connectivity index (χ3v) is 6.48. The van der Waals surface area contributed by atoms with Crippen LogP contribution in [0.25, 0.3) is 5.70 Å². The fraction of sp³-hybridized carbons (Fsp3) is 0.222. The Morgan fingerprint density at radius 2 is 1.88 bits per heavy atom. The van der Waals surface area contributed by atoms with Crippen LogP contribution in [-0.2, 0) is 0 Å². The van der Waals surface area contributed by atoms with E-state index in [0.29, 0.717) is 11.9 Å². The van der Waals surface area contributed by atoms with E-state index in [2.05, 4.69) is 89.7 Å². The predicted octanol–water partition coefficient (Wildman–Crippen LogP) is 5.66. The lowest BCUT2D eigenvalue weighted by Crippen LogP contribution is -2.32. The van der Waals surface area contributed by atoms with Crippen molar-refractivity contribution in [3.63, 3.8) is 0 Å². The fourth-order valence-corrected chi connectivity index (χ4v) is 4.77. The second-order valence-corrected chi connectivity index (χ2v) is 8.99. The smallest absolute Gasteiger partial charge is 0.226 e. The van der Waals surface area contributed by atoms with Gasteiger partial charge in [0, 0.05) is 23.5 Å². The molecule has 0 fully saturated rings. The summed E-state index contributed by atoms with van der Waals surface area (Å²) in [4.78, 5) is 8.89. The summed E-state index contributed by atoms with van der Waals surface area (Å²) in [5, 5.41) is 8.13. The van der Waals surface area contributed by atoms with Crippen LogP contribution in [0.2, 0.25) is 0 Å². The van der Waals surface area contributed by atoms with Gasteiger partial charge >= 0.3 is 0 Å². The van der Waals surface area contributed by atoms with Crippen molar-refractivity contribution in [1.82, 2.24) is 19.7 Å². The zero-order chi connectivity index (χ0) is 22.5. The van der Waals surface area contributed by atoms with Crippen LogP contribution in [0.5, 0.6) is 5.75 Å². The minimum absolute atomic E-state index is 0.184. The van der Waals surface area contributed by atoms with Gasteiger partial charge in [0.1, 0.15) is 24.2 Å². The molecule has 4 heterocycles. The van der Waals surface area contributed by atoms with E-state index in [0.717, 1.165) is 33.7 Å². The zero-order valence-corrected chi connectivity index (χ0v) is 18.9. The average molecular weight is 436 g/mol. The molecule has 2 aromatic heterocycles. The molecule has 0 bridgehead atoms. The summed E-state index contributed by atoms with van der Waals surface area (Å²) in [6.45, 7) is 6.52. The molecule has 4 aromatic rings. The first kappa shape index (κ1) is 19.7. The summed E-state index contributed by atoms with van der Waals surface area (Å²) in [5.74, 6) is 2.05. The number of pyridine rings is 1. The largest absolute Gasteiger partial charge is 0.480 e. The molecule has 33 heavy (non-hydrogen) atoms. The van der Waals surface area contributed by atoms with Crippen molar-refractivity contribution in [1.29, 1.82) is 0 Å². The highest BCUT2D eigenvalue weighted by molar-refractivity contribution is 5.85. The Morgan fingerprint density at radius 3 is 2.64 bits per heavy atom. The minimum atomic E-state index is -0.272. The van der Waals surface area contributed by atoms with Gasteiger partial charge in [0.05, 0.1) is 5.70 Å². The highest BCUT2D eigenvalue weighted by Gasteiger charge is 2.41. The van der Waals surface area contributed by atoms with Crippen LogP contribution in [0.1, 0.15) is 59.7 Å². The molecule has 0 saturated heterocycles. The van der Waals surface area contributed by atoms with Crippen LogP contribution >= 0.6 is 0 Å². The van der Waals surface area contributed by atoms with Gasteiger partial charge in [-0.25, -0.2) is 4.68 Å². The summed E-state index contributed by atoms with van der Waals surface area (Å²) >= 11 is 0. The summed E-state index contributed by atoms with van der Waals surface area (Å²) in [6, 6.07) is 18.9. The normalized spacial score (nSPS) is 18.8. The van der Waals surface area contributed by atoms with Crippen molar-refractivity contribution >= 4 is 11.6 Å². The third-order valence-electron chi connectivity index (χ3n) is 6.48. The summed E-state index contributed by atoms with van der Waals surface area (Å²) in [6.07, 6.45) is 5.01. The lowest BCUT2D eigenvalue weighted by molar-refractivity contribution is 0.223. The quantitative estimate of drug-likeness (QED) is 0.449. The number of rotatable bonds is 3. The Kier molecular flexibility index (Phi) is 4.54. The first-order valence-corrected chi connectivity index (χ1v) is 11.3. The molecule has 6 heteroatoms. The van der Waals surface area contributed by atoms with Crippen molar-refractivity contribution in [2.24, 2.45) is 0 Å². The van der Waals surface area contributed by atoms with Crippen LogP contribution in [0, 0.1) is 6.92 Å². The van der Waals surface area contributed by atoms with Gasteiger partial charge in [-0.15, -0.1) is 0 Å². The fourth-order valence-electron chi connectivity index (χ4n) is 4.77. The highest BCUT2D eigenvalue weighted by atomic mass is 16.5. The molecule has 0 spiro atoms. The number of hydrogen-bond acceptors (Lipinski definition) is 5. The molecule has 6 rings (SSSR count). The number of nitrogens with one attached hydrogen (secondary N) is 1. The van der Waals surface area contributed by atoms with Crippen molar-refractivity contribution in [2.75, 3.05) is 5.32 Å². The lowest BCUT2D eigenvalue weighted by Gasteiger charge is -2.39. The number of hydrogen-bond donors (Lipinski definition) is 1. The maximum Gasteiger partial charge on any atom is 0.226 e. The van der Waals surface area contributed by atoms with Crippen LogP contribution in [0.15, 0.2) is 78.9 Å². The number of nitrogens with zero attached hydrogens (tertiary/aromatic N) is 4. The molecule has 2 aromatic carbocycles. The van der Waals surface area contributed by atoms with Crippen molar-refractivity contribution in [2.45, 2.75) is 38.8 Å². The molecule has 2 aliphatic heterocycles. The molecule has 2 aliphatic rings. The Bertz CT molecular complexity index is 1360. The molecule has 1 N–H and O–H groups in total. The SMILES string of the molecule is Cc1ccc2c(c1)C1=C([C@H](c3ccc(C(C)C)cc3)O2)[C@H](c2cccnc2)n2ncnc2N1. The predicted molar refractivity (Wildman–Crippen MR) is 128 cm³/mol. The lowest BCUT2D eigenvalue weighted by atomic mass is 9.84. The molecule has 0 unspecified atom stereocenters. The van der Waals surface area contributed by atoms with E-state index in [4.69, 9.17) is 4.74 Å². The van der Waals surface area contributed by atoms with Crippen molar-refractivity contribution in [3.05, 3.63) is 107 Å². The molecule has 6 nitrogen and oxygen atoms in total. The van der Waals surface area contributed by atoms with Crippen LogP contribution in [0.4, 0.5) is 5.95 Å². The second-order valence-electron chi connectivity index (χ2n) is 8.99. The third kappa shape index (κ3) is 3.21. The molecule has 0 aliphatic carbocycles. The summed E-state index contributed by atoms with van der Waals surface area (Å²) < 4.78 is 8.63. The van der Waals surface area contributed by atoms with E-state index in [1.54, 1.807) is 12.5 Å². The second kappa shape index (κ2) is 7.59. The Hall–Kier alpha value is -3.93. The molecule has 0 saturated carbocycles. The molecule has 164 valence electrons. The van der Waals surface area contributed by atoms with E-state index in [9.17, 15) is 0 Å². The van der Waals surface area contributed by atoms with E-state index in [-0.39, 0.29) is 12.1 Å². The van der Waals surface area contributed by atoms with Crippen LogP contribution in [0.3, 0.4) is 0 Å². The average Bonchev–Trinajstić information content (AvgIpc) is 3.31. The van der Waals surface area contributed by atoms with Gasteiger partial charge in [0.25, 0.3) is 0 Å². The van der Waals surface area contributed by atoms with Gasteiger partial charge < -0.3 is 10.1 Å². The van der Waals surface area contributed by atoms with E-state index in [1.165, 1.54) is 11.1 Å². The minimum Gasteiger partial charge on any atom is -0.480 e. The molecule has 0 amide bonds. The van der Waals surface area contributed by atoms with Crippen LogP contribution in [-0.4, -0.2) is 19.7 Å². The maximum atomic E-state index is 6.71. The monoisotopic (exact) mass is 435 g/mol. The number of aromatic nitrogens is 4. The molecular weight excluding hydrogens is 410 g/mol. The number of fused-ring (bicyclic) bond motifs is 3. The molecule has 2 atom stereocenters. The van der Waals surface area contributed by atoms with Crippen molar-refractivity contribution in [3.8, 4) is 5.75 Å². The Labute approximate surface area is 193 Å². The standard InChI is InChI=1S/C27H25N5O/c1-16(2)18-7-9-19(10-8-18)26-23-24(21-13-17(3)6-11-22(21)33-26)31-27-29-15-30-32(27)25(23)20-5-4-12-28-14-20/h4-16,25-26H,1-3H3,(H,29,30,31)/t25-,26-/m0/s1. The first-order chi connectivity index (χ1) is 16.1. The molecular formula is C27H25N5O. The van der Waals surface area contributed by atoms with E-state index in [1.807, 2.05) is 16.9 Å².